The van der Waals surface area contributed by atoms with Gasteiger partial charge in [-0.05, 0) is 6.42 Å². The van der Waals surface area contributed by atoms with Gasteiger partial charge >= 0.3 is 6.18 Å². The normalized spacial score (nSPS) is 19.4. The lowest BCUT2D eigenvalue weighted by molar-refractivity contribution is -0.138. The van der Waals surface area contributed by atoms with Gasteiger partial charge in [0.25, 0.3) is 0 Å². The van der Waals surface area contributed by atoms with Gasteiger partial charge in [0, 0.05) is 32.7 Å². The second-order valence-electron chi connectivity index (χ2n) is 4.74. The van der Waals surface area contributed by atoms with Crippen LogP contribution in [0, 0.1) is 0 Å². The molecule has 1 aromatic heterocycles. The van der Waals surface area contributed by atoms with E-state index in [2.05, 4.69) is 15.1 Å². The average molecular weight is 310 g/mol. The zero-order chi connectivity index (χ0) is 14.8. The molecular formula is C11H17F3N4OS. The molecule has 1 unspecified atom stereocenters. The van der Waals surface area contributed by atoms with Crippen molar-refractivity contribution in [1.82, 2.24) is 15.1 Å². The van der Waals surface area contributed by atoms with Crippen molar-refractivity contribution >= 4 is 16.5 Å². The minimum atomic E-state index is -4.43. The van der Waals surface area contributed by atoms with Crippen molar-refractivity contribution in [3.05, 3.63) is 5.01 Å². The zero-order valence-electron chi connectivity index (χ0n) is 11.1. The first-order chi connectivity index (χ1) is 9.40. The third-order valence-electron chi connectivity index (χ3n) is 3.24. The molecule has 1 aliphatic rings. The molecule has 0 radical (unpaired) electrons. The van der Waals surface area contributed by atoms with E-state index in [9.17, 15) is 18.3 Å². The van der Waals surface area contributed by atoms with E-state index in [1.807, 2.05) is 11.8 Å². The first kappa shape index (κ1) is 15.5. The molecule has 2 rings (SSSR count). The fraction of sp³-hybridized carbons (Fsp3) is 0.818. The summed E-state index contributed by atoms with van der Waals surface area (Å²) in [6.07, 6.45) is -4.07. The van der Waals surface area contributed by atoms with Crippen LogP contribution in [0.15, 0.2) is 0 Å². The number of nitrogens with zero attached hydrogens (tertiary/aromatic N) is 4. The fourth-order valence-electron chi connectivity index (χ4n) is 2.01. The highest BCUT2D eigenvalue weighted by Crippen LogP contribution is 2.34. The van der Waals surface area contributed by atoms with Crippen LogP contribution in [0.2, 0.25) is 0 Å². The minimum absolute atomic E-state index is 0.313. The number of piperazine rings is 1. The number of halogens is 3. The Morgan fingerprint density at radius 2 is 1.90 bits per heavy atom. The lowest BCUT2D eigenvalue weighted by atomic mass is 10.2. The summed E-state index contributed by atoms with van der Waals surface area (Å²) in [6.45, 7) is 5.14. The monoisotopic (exact) mass is 310 g/mol. The SMILES string of the molecule is CCC(O)CN1CCN(c2nnc(C(F)(F)F)s2)CC1. The van der Waals surface area contributed by atoms with Gasteiger partial charge in [0.05, 0.1) is 6.10 Å². The van der Waals surface area contributed by atoms with Gasteiger partial charge in [-0.3, -0.25) is 4.90 Å². The van der Waals surface area contributed by atoms with Crippen molar-refractivity contribution in [2.24, 2.45) is 0 Å². The van der Waals surface area contributed by atoms with Crippen LogP contribution in [0.4, 0.5) is 18.3 Å². The summed E-state index contributed by atoms with van der Waals surface area (Å²) in [5.74, 6) is 0. The van der Waals surface area contributed by atoms with Gasteiger partial charge in [0.2, 0.25) is 10.1 Å². The summed E-state index contributed by atoms with van der Waals surface area (Å²) in [4.78, 5) is 3.91. The number of aliphatic hydroxyl groups excluding tert-OH is 1. The largest absolute Gasteiger partial charge is 0.445 e. The number of anilines is 1. The molecule has 0 amide bonds. The quantitative estimate of drug-likeness (QED) is 0.912. The summed E-state index contributed by atoms with van der Waals surface area (Å²) in [6, 6.07) is 0. The van der Waals surface area contributed by atoms with E-state index >= 15 is 0 Å². The predicted octanol–water partition coefficient (Wildman–Crippen LogP) is 1.45. The summed E-state index contributed by atoms with van der Waals surface area (Å²) in [5, 5.41) is 15.8. The van der Waals surface area contributed by atoms with Crippen molar-refractivity contribution in [3.63, 3.8) is 0 Å². The summed E-state index contributed by atoms with van der Waals surface area (Å²) >= 11 is 0.577. The maximum Gasteiger partial charge on any atom is 0.445 e. The smallest absolute Gasteiger partial charge is 0.392 e. The number of rotatable bonds is 4. The highest BCUT2D eigenvalue weighted by atomic mass is 32.1. The number of aliphatic hydroxyl groups is 1. The van der Waals surface area contributed by atoms with E-state index in [1.54, 1.807) is 0 Å². The molecule has 2 heterocycles. The molecule has 0 bridgehead atoms. The molecule has 1 saturated heterocycles. The summed E-state index contributed by atoms with van der Waals surface area (Å²) in [7, 11) is 0. The van der Waals surface area contributed by atoms with Gasteiger partial charge in [-0.15, -0.1) is 10.2 Å². The molecule has 1 atom stereocenters. The Balaban J connectivity index is 1.89. The van der Waals surface area contributed by atoms with Gasteiger partial charge in [0.1, 0.15) is 0 Å². The van der Waals surface area contributed by atoms with Gasteiger partial charge in [-0.25, -0.2) is 0 Å². The lowest BCUT2D eigenvalue weighted by Crippen LogP contribution is -2.48. The molecule has 20 heavy (non-hydrogen) atoms. The first-order valence-electron chi connectivity index (χ1n) is 6.46. The molecule has 114 valence electrons. The standard InChI is InChI=1S/C11H17F3N4OS/c1-2-8(19)7-17-3-5-18(6-4-17)10-16-15-9(20-10)11(12,13)14/h8,19H,2-7H2,1H3. The zero-order valence-corrected chi connectivity index (χ0v) is 11.9. The molecule has 1 aliphatic heterocycles. The van der Waals surface area contributed by atoms with Crippen LogP contribution < -0.4 is 4.90 Å². The predicted molar refractivity (Wildman–Crippen MR) is 69.9 cm³/mol. The van der Waals surface area contributed by atoms with Crippen LogP contribution in [0.5, 0.6) is 0 Å². The molecule has 5 nitrogen and oxygen atoms in total. The molecule has 0 aromatic carbocycles. The number of β-amino-alcohol motifs (C(OH)–C–C–N with tert-alkyl or cyclic N) is 1. The maximum atomic E-state index is 12.5. The Kier molecular flexibility index (Phi) is 4.82. The molecule has 0 saturated carbocycles. The van der Waals surface area contributed by atoms with Crippen LogP contribution in [0.3, 0.4) is 0 Å². The summed E-state index contributed by atoms with van der Waals surface area (Å²) < 4.78 is 37.4. The van der Waals surface area contributed by atoms with E-state index in [0.717, 1.165) is 0 Å². The molecule has 1 fully saturated rings. The minimum Gasteiger partial charge on any atom is -0.392 e. The number of hydrogen-bond donors (Lipinski definition) is 1. The van der Waals surface area contributed by atoms with Gasteiger partial charge in [0.15, 0.2) is 0 Å². The first-order valence-corrected chi connectivity index (χ1v) is 7.28. The van der Waals surface area contributed by atoms with Crippen LogP contribution >= 0.6 is 11.3 Å². The fourth-order valence-corrected chi connectivity index (χ4v) is 2.77. The average Bonchev–Trinajstić information content (AvgIpc) is 2.89. The van der Waals surface area contributed by atoms with Crippen LogP contribution in [-0.2, 0) is 6.18 Å². The Morgan fingerprint density at radius 1 is 1.25 bits per heavy atom. The lowest BCUT2D eigenvalue weighted by Gasteiger charge is -2.35. The van der Waals surface area contributed by atoms with Crippen molar-refractivity contribution < 1.29 is 18.3 Å². The van der Waals surface area contributed by atoms with Crippen molar-refractivity contribution in [2.45, 2.75) is 25.6 Å². The second-order valence-corrected chi connectivity index (χ2v) is 5.69. The van der Waals surface area contributed by atoms with E-state index in [0.29, 0.717) is 55.6 Å². The Hall–Kier alpha value is -0.930. The Labute approximate surface area is 119 Å². The number of aromatic nitrogens is 2. The highest BCUT2D eigenvalue weighted by Gasteiger charge is 2.36. The maximum absolute atomic E-state index is 12.5. The third-order valence-corrected chi connectivity index (χ3v) is 4.27. The van der Waals surface area contributed by atoms with Crippen LogP contribution in [-0.4, -0.2) is 59.0 Å². The van der Waals surface area contributed by atoms with Crippen molar-refractivity contribution in [2.75, 3.05) is 37.6 Å². The van der Waals surface area contributed by atoms with Crippen LogP contribution in [0.25, 0.3) is 0 Å². The van der Waals surface area contributed by atoms with E-state index in [-0.39, 0.29) is 6.10 Å². The van der Waals surface area contributed by atoms with Gasteiger partial charge < -0.3 is 10.0 Å². The highest BCUT2D eigenvalue weighted by molar-refractivity contribution is 7.15. The Morgan fingerprint density at radius 3 is 2.40 bits per heavy atom. The van der Waals surface area contributed by atoms with Gasteiger partial charge in [-0.1, -0.05) is 18.3 Å². The molecule has 0 spiro atoms. The molecule has 0 aliphatic carbocycles. The Bertz CT molecular complexity index is 432. The van der Waals surface area contributed by atoms with E-state index < -0.39 is 11.2 Å². The van der Waals surface area contributed by atoms with Crippen molar-refractivity contribution in [3.8, 4) is 0 Å². The topological polar surface area (TPSA) is 52.5 Å². The third kappa shape index (κ3) is 3.80. The number of hydrogen-bond acceptors (Lipinski definition) is 6. The molecule has 1 aromatic rings. The summed E-state index contributed by atoms with van der Waals surface area (Å²) in [5.41, 5.74) is 0. The van der Waals surface area contributed by atoms with Crippen molar-refractivity contribution in [1.29, 1.82) is 0 Å². The number of alkyl halides is 3. The second kappa shape index (κ2) is 6.23. The molecule has 1 N–H and O–H groups in total. The van der Waals surface area contributed by atoms with Gasteiger partial charge in [-0.2, -0.15) is 13.2 Å². The van der Waals surface area contributed by atoms with E-state index in [1.165, 1.54) is 0 Å². The molecule has 9 heteroatoms. The van der Waals surface area contributed by atoms with Crippen LogP contribution in [0.1, 0.15) is 18.4 Å². The molecular weight excluding hydrogens is 293 g/mol. The van der Waals surface area contributed by atoms with E-state index in [4.69, 9.17) is 0 Å².